The van der Waals surface area contributed by atoms with Crippen LogP contribution in [0.4, 0.5) is 0 Å². The third kappa shape index (κ3) is 3.83. The van der Waals surface area contributed by atoms with E-state index in [1.165, 1.54) is 12.8 Å². The summed E-state index contributed by atoms with van der Waals surface area (Å²) in [5.74, 6) is 4.01. The van der Waals surface area contributed by atoms with E-state index in [1.54, 1.807) is 7.11 Å². The van der Waals surface area contributed by atoms with Crippen LogP contribution in [0.3, 0.4) is 0 Å². The Kier molecular flexibility index (Phi) is 5.38. The van der Waals surface area contributed by atoms with E-state index in [0.29, 0.717) is 30.7 Å². The first kappa shape index (κ1) is 18.3. The van der Waals surface area contributed by atoms with Gasteiger partial charge in [0.2, 0.25) is 0 Å². The summed E-state index contributed by atoms with van der Waals surface area (Å²) in [6.07, 6.45) is 12.4. The molecule has 27 heavy (non-hydrogen) atoms. The molecule has 144 valence electrons. The summed E-state index contributed by atoms with van der Waals surface area (Å²) >= 11 is 0. The molecule has 3 heterocycles. The van der Waals surface area contributed by atoms with E-state index < -0.39 is 0 Å². The van der Waals surface area contributed by atoms with Crippen molar-refractivity contribution in [1.29, 1.82) is 0 Å². The first-order valence-corrected chi connectivity index (χ1v) is 9.98. The second-order valence-corrected chi connectivity index (χ2v) is 8.05. The van der Waals surface area contributed by atoms with E-state index >= 15 is 0 Å². The minimum Gasteiger partial charge on any atom is -0.497 e. The van der Waals surface area contributed by atoms with Gasteiger partial charge in [-0.3, -0.25) is 9.58 Å². The smallest absolute Gasteiger partial charge is 0.121 e. The van der Waals surface area contributed by atoms with Gasteiger partial charge in [0, 0.05) is 36.6 Å². The molecule has 2 bridgehead atoms. The molecule has 3 atom stereocenters. The first-order chi connectivity index (χ1) is 13.2. The summed E-state index contributed by atoms with van der Waals surface area (Å²) in [7, 11) is 1.71. The standard InChI is InChI=1S/C22H29N3O2/c1-4-9-27-21-10-18-6-7-19(11-21)24(18)14-16(2)15-25-22-12-20(26-3)8-5-17(22)13-23-25/h1,5,8,12-13,16,18-19,21H,6-7,9-11,14-15H2,2-3H3. The van der Waals surface area contributed by atoms with Crippen molar-refractivity contribution in [3.05, 3.63) is 24.4 Å². The Labute approximate surface area is 161 Å². The molecule has 0 aliphatic carbocycles. The molecule has 0 radical (unpaired) electrons. The van der Waals surface area contributed by atoms with Gasteiger partial charge in [-0.15, -0.1) is 6.42 Å². The number of nitrogens with zero attached hydrogens (tertiary/aromatic N) is 3. The van der Waals surface area contributed by atoms with Crippen LogP contribution in [0.1, 0.15) is 32.6 Å². The zero-order valence-electron chi connectivity index (χ0n) is 16.3. The van der Waals surface area contributed by atoms with Crippen LogP contribution >= 0.6 is 0 Å². The molecule has 1 aromatic heterocycles. The van der Waals surface area contributed by atoms with Gasteiger partial charge in [-0.2, -0.15) is 5.10 Å². The maximum atomic E-state index is 5.83. The number of aromatic nitrogens is 2. The van der Waals surface area contributed by atoms with Crippen LogP contribution in [0.25, 0.3) is 10.9 Å². The van der Waals surface area contributed by atoms with Crippen molar-refractivity contribution in [2.75, 3.05) is 20.3 Å². The average Bonchev–Trinajstić information content (AvgIpc) is 3.16. The Bertz CT molecular complexity index is 811. The minimum atomic E-state index is 0.340. The molecular weight excluding hydrogens is 338 g/mol. The lowest BCUT2D eigenvalue weighted by molar-refractivity contribution is -0.0117. The maximum absolute atomic E-state index is 5.83. The highest BCUT2D eigenvalue weighted by molar-refractivity contribution is 5.80. The van der Waals surface area contributed by atoms with E-state index in [9.17, 15) is 0 Å². The fourth-order valence-corrected chi connectivity index (χ4v) is 4.86. The molecule has 2 aliphatic rings. The Morgan fingerprint density at radius 2 is 2.04 bits per heavy atom. The van der Waals surface area contributed by atoms with Crippen molar-refractivity contribution < 1.29 is 9.47 Å². The second-order valence-electron chi connectivity index (χ2n) is 8.05. The van der Waals surface area contributed by atoms with Crippen molar-refractivity contribution in [2.45, 2.75) is 57.3 Å². The lowest BCUT2D eigenvalue weighted by atomic mass is 9.98. The highest BCUT2D eigenvalue weighted by Gasteiger charge is 2.41. The fraction of sp³-hybridized carbons (Fsp3) is 0.591. The van der Waals surface area contributed by atoms with E-state index in [4.69, 9.17) is 15.9 Å². The summed E-state index contributed by atoms with van der Waals surface area (Å²) < 4.78 is 13.3. The minimum absolute atomic E-state index is 0.340. The summed E-state index contributed by atoms with van der Waals surface area (Å²) in [5.41, 5.74) is 1.14. The molecule has 2 fully saturated rings. The normalized spacial score (nSPS) is 26.2. The summed E-state index contributed by atoms with van der Waals surface area (Å²) in [4.78, 5) is 2.71. The quantitative estimate of drug-likeness (QED) is 0.704. The molecule has 2 aromatic rings. The number of terminal acetylenes is 1. The van der Waals surface area contributed by atoms with Gasteiger partial charge in [-0.25, -0.2) is 0 Å². The lowest BCUT2D eigenvalue weighted by Crippen LogP contribution is -2.47. The van der Waals surface area contributed by atoms with Gasteiger partial charge in [0.1, 0.15) is 12.4 Å². The molecule has 4 rings (SSSR count). The van der Waals surface area contributed by atoms with Gasteiger partial charge in [0.25, 0.3) is 0 Å². The monoisotopic (exact) mass is 367 g/mol. The van der Waals surface area contributed by atoms with E-state index in [-0.39, 0.29) is 0 Å². The molecule has 0 spiro atoms. The predicted molar refractivity (Wildman–Crippen MR) is 107 cm³/mol. The topological polar surface area (TPSA) is 39.5 Å². The van der Waals surface area contributed by atoms with Crippen LogP contribution in [0.5, 0.6) is 5.75 Å². The van der Waals surface area contributed by atoms with Gasteiger partial charge < -0.3 is 9.47 Å². The van der Waals surface area contributed by atoms with Gasteiger partial charge in [-0.1, -0.05) is 12.8 Å². The Morgan fingerprint density at radius 3 is 2.74 bits per heavy atom. The van der Waals surface area contributed by atoms with Crippen molar-refractivity contribution in [2.24, 2.45) is 5.92 Å². The number of ether oxygens (including phenoxy) is 2. The molecule has 0 saturated carbocycles. The van der Waals surface area contributed by atoms with Crippen molar-refractivity contribution in [1.82, 2.24) is 14.7 Å². The summed E-state index contributed by atoms with van der Waals surface area (Å²) in [6.45, 7) is 4.80. The SMILES string of the molecule is C#CCOC1CC2CCC(C1)N2CC(C)Cn1ncc2ccc(OC)cc21. The van der Waals surface area contributed by atoms with Gasteiger partial charge in [0.05, 0.1) is 24.9 Å². The number of methoxy groups -OCH3 is 1. The largest absolute Gasteiger partial charge is 0.497 e. The number of piperidine rings is 1. The van der Waals surface area contributed by atoms with Crippen LogP contribution < -0.4 is 4.74 Å². The van der Waals surface area contributed by atoms with E-state index in [1.807, 2.05) is 12.3 Å². The number of hydrogen-bond acceptors (Lipinski definition) is 4. The van der Waals surface area contributed by atoms with Crippen molar-refractivity contribution in [3.63, 3.8) is 0 Å². The molecule has 5 heteroatoms. The van der Waals surface area contributed by atoms with Gasteiger partial charge >= 0.3 is 0 Å². The number of hydrogen-bond donors (Lipinski definition) is 0. The maximum Gasteiger partial charge on any atom is 0.121 e. The first-order valence-electron chi connectivity index (χ1n) is 9.98. The number of fused-ring (bicyclic) bond motifs is 3. The van der Waals surface area contributed by atoms with Gasteiger partial charge in [-0.05, 0) is 43.7 Å². The summed E-state index contributed by atoms with van der Waals surface area (Å²) in [5, 5.41) is 5.77. The van der Waals surface area contributed by atoms with E-state index in [2.05, 4.69) is 39.7 Å². The van der Waals surface area contributed by atoms with Crippen LogP contribution in [0, 0.1) is 18.3 Å². The number of benzene rings is 1. The Balaban J connectivity index is 1.39. The molecule has 2 saturated heterocycles. The third-order valence-electron chi connectivity index (χ3n) is 6.10. The molecule has 5 nitrogen and oxygen atoms in total. The summed E-state index contributed by atoms with van der Waals surface area (Å²) in [6, 6.07) is 7.42. The van der Waals surface area contributed by atoms with Crippen LogP contribution in [-0.4, -0.2) is 53.1 Å². The zero-order valence-corrected chi connectivity index (χ0v) is 16.3. The molecule has 0 N–H and O–H groups in total. The predicted octanol–water partition coefficient (Wildman–Crippen LogP) is 3.33. The van der Waals surface area contributed by atoms with Gasteiger partial charge in [0.15, 0.2) is 0 Å². The lowest BCUT2D eigenvalue weighted by Gasteiger charge is -2.40. The van der Waals surface area contributed by atoms with Crippen LogP contribution in [-0.2, 0) is 11.3 Å². The second kappa shape index (κ2) is 7.92. The zero-order chi connectivity index (χ0) is 18.8. The molecule has 2 aliphatic heterocycles. The fourth-order valence-electron chi connectivity index (χ4n) is 4.86. The highest BCUT2D eigenvalue weighted by atomic mass is 16.5. The highest BCUT2D eigenvalue weighted by Crippen LogP contribution is 2.37. The molecule has 1 aromatic carbocycles. The third-order valence-corrected chi connectivity index (χ3v) is 6.10. The number of rotatable bonds is 7. The van der Waals surface area contributed by atoms with Crippen molar-refractivity contribution >= 4 is 10.9 Å². The Hall–Kier alpha value is -2.03. The van der Waals surface area contributed by atoms with Crippen molar-refractivity contribution in [3.8, 4) is 18.1 Å². The Morgan fingerprint density at radius 1 is 1.26 bits per heavy atom. The van der Waals surface area contributed by atoms with Crippen LogP contribution in [0.15, 0.2) is 24.4 Å². The van der Waals surface area contributed by atoms with E-state index in [0.717, 1.165) is 42.6 Å². The average molecular weight is 367 g/mol. The molecular formula is C22H29N3O2. The molecule has 0 amide bonds. The molecule has 3 unspecified atom stereocenters. The van der Waals surface area contributed by atoms with Crippen LogP contribution in [0.2, 0.25) is 0 Å².